The quantitative estimate of drug-likeness (QED) is 0.771. The molecule has 1 unspecified atom stereocenters. The van der Waals surface area contributed by atoms with E-state index in [1.807, 2.05) is 0 Å². The van der Waals surface area contributed by atoms with Gasteiger partial charge >= 0.3 is 0 Å². The summed E-state index contributed by atoms with van der Waals surface area (Å²) in [6.45, 7) is 3.33. The molecular formula is C10H9O3P. The molecule has 0 radical (unpaired) electrons. The molecule has 1 aromatic heterocycles. The van der Waals surface area contributed by atoms with E-state index < -0.39 is 7.37 Å². The average molecular weight is 208 g/mol. The molecule has 0 aliphatic rings. The summed E-state index contributed by atoms with van der Waals surface area (Å²) in [5.41, 5.74) is 0.610. The highest BCUT2D eigenvalue weighted by atomic mass is 31.2. The van der Waals surface area contributed by atoms with Crippen LogP contribution in [0.25, 0.3) is 11.0 Å². The second-order valence-electron chi connectivity index (χ2n) is 2.95. The predicted octanol–water partition coefficient (Wildman–Crippen LogP) is 2.47. The van der Waals surface area contributed by atoms with Crippen molar-refractivity contribution in [2.24, 2.45) is 0 Å². The molecule has 1 aromatic carbocycles. The highest BCUT2D eigenvalue weighted by molar-refractivity contribution is 7.69. The minimum Gasteiger partial charge on any atom is -0.464 e. The standard InChI is InChI=1S/C10H9O3P/c1-2-14(11,12)9-4-3-8-5-6-13-10(8)7-9/h2-7H,1H2,(H,11,12). The van der Waals surface area contributed by atoms with Crippen LogP contribution in [-0.2, 0) is 4.57 Å². The van der Waals surface area contributed by atoms with Crippen molar-refractivity contribution < 1.29 is 13.9 Å². The maximum absolute atomic E-state index is 11.5. The Balaban J connectivity index is 2.65. The number of fused-ring (bicyclic) bond motifs is 1. The maximum atomic E-state index is 11.5. The molecule has 0 aliphatic carbocycles. The van der Waals surface area contributed by atoms with Crippen LogP contribution >= 0.6 is 7.37 Å². The molecule has 1 heterocycles. The molecule has 2 aromatic rings. The second kappa shape index (κ2) is 3.12. The molecular weight excluding hydrogens is 199 g/mol. The van der Waals surface area contributed by atoms with Crippen LogP contribution in [0.2, 0.25) is 0 Å². The molecule has 4 heteroatoms. The van der Waals surface area contributed by atoms with Gasteiger partial charge in [-0.3, -0.25) is 4.57 Å². The molecule has 0 saturated carbocycles. The summed E-state index contributed by atoms with van der Waals surface area (Å²) in [5.74, 6) is 1.07. The highest BCUT2D eigenvalue weighted by Crippen LogP contribution is 2.40. The van der Waals surface area contributed by atoms with Crippen molar-refractivity contribution in [3.05, 3.63) is 42.9 Å². The molecule has 1 N–H and O–H groups in total. The van der Waals surface area contributed by atoms with Gasteiger partial charge in [-0.15, -0.1) is 0 Å². The molecule has 0 amide bonds. The summed E-state index contributed by atoms with van der Waals surface area (Å²) in [4.78, 5) is 9.49. The van der Waals surface area contributed by atoms with Gasteiger partial charge in [-0.1, -0.05) is 12.6 Å². The highest BCUT2D eigenvalue weighted by Gasteiger charge is 2.16. The topological polar surface area (TPSA) is 50.4 Å². The van der Waals surface area contributed by atoms with Gasteiger partial charge in [0.2, 0.25) is 0 Å². The van der Waals surface area contributed by atoms with E-state index in [1.54, 1.807) is 30.5 Å². The minimum absolute atomic E-state index is 0.343. The lowest BCUT2D eigenvalue weighted by molar-refractivity contribution is 0.500. The number of hydrogen-bond donors (Lipinski definition) is 1. The van der Waals surface area contributed by atoms with Crippen LogP contribution in [0, 0.1) is 0 Å². The van der Waals surface area contributed by atoms with Gasteiger partial charge < -0.3 is 9.31 Å². The van der Waals surface area contributed by atoms with E-state index in [4.69, 9.17) is 4.42 Å². The van der Waals surface area contributed by atoms with Gasteiger partial charge in [-0.25, -0.2) is 0 Å². The van der Waals surface area contributed by atoms with Gasteiger partial charge in [0, 0.05) is 10.7 Å². The Morgan fingerprint density at radius 2 is 2.21 bits per heavy atom. The smallest absolute Gasteiger partial charge is 0.251 e. The SMILES string of the molecule is C=CP(=O)(O)c1ccc2ccoc2c1. The molecule has 2 rings (SSSR count). The Bertz CT molecular complexity index is 527. The summed E-state index contributed by atoms with van der Waals surface area (Å²) >= 11 is 0. The van der Waals surface area contributed by atoms with Crippen LogP contribution in [0.15, 0.2) is 47.3 Å². The number of benzene rings is 1. The van der Waals surface area contributed by atoms with Gasteiger partial charge in [0.25, 0.3) is 7.37 Å². The zero-order valence-corrected chi connectivity index (χ0v) is 8.28. The molecule has 0 bridgehead atoms. The molecule has 0 fully saturated rings. The molecule has 0 spiro atoms. The molecule has 0 aliphatic heterocycles. The van der Waals surface area contributed by atoms with E-state index in [0.717, 1.165) is 11.2 Å². The summed E-state index contributed by atoms with van der Waals surface area (Å²) in [6.07, 6.45) is 1.55. The molecule has 14 heavy (non-hydrogen) atoms. The minimum atomic E-state index is -3.40. The van der Waals surface area contributed by atoms with E-state index in [0.29, 0.717) is 10.9 Å². The lowest BCUT2D eigenvalue weighted by Gasteiger charge is -2.05. The maximum Gasteiger partial charge on any atom is 0.251 e. The largest absolute Gasteiger partial charge is 0.464 e. The molecule has 3 nitrogen and oxygen atoms in total. The Labute approximate surface area is 81.1 Å². The number of hydrogen-bond acceptors (Lipinski definition) is 2. The third-order valence-corrected chi connectivity index (χ3v) is 3.57. The Kier molecular flexibility index (Phi) is 2.06. The van der Waals surface area contributed by atoms with Gasteiger partial charge in [-0.2, -0.15) is 0 Å². The van der Waals surface area contributed by atoms with Gasteiger partial charge in [0.05, 0.1) is 6.26 Å². The lowest BCUT2D eigenvalue weighted by Crippen LogP contribution is -2.00. The first kappa shape index (κ1) is 9.25. The van der Waals surface area contributed by atoms with Crippen molar-refractivity contribution in [1.29, 1.82) is 0 Å². The summed E-state index contributed by atoms with van der Waals surface area (Å²) < 4.78 is 16.7. The van der Waals surface area contributed by atoms with Crippen LogP contribution in [0.3, 0.4) is 0 Å². The van der Waals surface area contributed by atoms with Crippen LogP contribution in [-0.4, -0.2) is 4.89 Å². The average Bonchev–Trinajstić information content (AvgIpc) is 2.64. The van der Waals surface area contributed by atoms with Gasteiger partial charge in [0.1, 0.15) is 5.58 Å². The van der Waals surface area contributed by atoms with E-state index >= 15 is 0 Å². The number of furan rings is 1. The summed E-state index contributed by atoms with van der Waals surface area (Å²) in [5, 5.41) is 1.26. The van der Waals surface area contributed by atoms with Crippen molar-refractivity contribution in [2.75, 3.05) is 0 Å². The second-order valence-corrected chi connectivity index (χ2v) is 5.08. The first-order valence-electron chi connectivity index (χ1n) is 4.07. The zero-order chi connectivity index (χ0) is 10.2. The lowest BCUT2D eigenvalue weighted by atomic mass is 10.3. The van der Waals surface area contributed by atoms with Gasteiger partial charge in [-0.05, 0) is 24.0 Å². The fourth-order valence-corrected chi connectivity index (χ4v) is 2.05. The van der Waals surface area contributed by atoms with Crippen LogP contribution in [0.5, 0.6) is 0 Å². The monoisotopic (exact) mass is 208 g/mol. The Morgan fingerprint density at radius 1 is 1.43 bits per heavy atom. The van der Waals surface area contributed by atoms with Crippen molar-refractivity contribution in [3.63, 3.8) is 0 Å². The van der Waals surface area contributed by atoms with Crippen molar-refractivity contribution >= 4 is 23.6 Å². The van der Waals surface area contributed by atoms with E-state index in [9.17, 15) is 9.46 Å². The Morgan fingerprint density at radius 3 is 2.93 bits per heavy atom. The molecule has 1 atom stereocenters. The van der Waals surface area contributed by atoms with Crippen LogP contribution in [0.1, 0.15) is 0 Å². The van der Waals surface area contributed by atoms with E-state index in [1.165, 1.54) is 0 Å². The fourth-order valence-electron chi connectivity index (χ4n) is 1.25. The Hall–Kier alpha value is -1.31. The van der Waals surface area contributed by atoms with Crippen LogP contribution < -0.4 is 5.30 Å². The predicted molar refractivity (Wildman–Crippen MR) is 55.9 cm³/mol. The van der Waals surface area contributed by atoms with Crippen molar-refractivity contribution in [2.45, 2.75) is 0 Å². The number of rotatable bonds is 2. The first-order valence-corrected chi connectivity index (χ1v) is 5.80. The van der Waals surface area contributed by atoms with E-state index in [-0.39, 0.29) is 0 Å². The molecule has 0 saturated heterocycles. The molecule has 72 valence electrons. The van der Waals surface area contributed by atoms with Crippen LogP contribution in [0.4, 0.5) is 0 Å². The first-order chi connectivity index (χ1) is 6.63. The summed E-state index contributed by atoms with van der Waals surface area (Å²) in [6, 6.07) is 6.73. The summed E-state index contributed by atoms with van der Waals surface area (Å²) in [7, 11) is -3.40. The van der Waals surface area contributed by atoms with Crippen molar-refractivity contribution in [1.82, 2.24) is 0 Å². The third-order valence-electron chi connectivity index (χ3n) is 2.06. The third kappa shape index (κ3) is 1.41. The van der Waals surface area contributed by atoms with E-state index in [2.05, 4.69) is 6.58 Å². The normalized spacial score (nSPS) is 15.2. The van der Waals surface area contributed by atoms with Gasteiger partial charge in [0.15, 0.2) is 0 Å². The zero-order valence-electron chi connectivity index (χ0n) is 7.38. The van der Waals surface area contributed by atoms with Crippen molar-refractivity contribution in [3.8, 4) is 0 Å². The fraction of sp³-hybridized carbons (Fsp3) is 0.